The van der Waals surface area contributed by atoms with Gasteiger partial charge in [0.2, 0.25) is 0 Å². The monoisotopic (exact) mass is 482 g/mol. The predicted molar refractivity (Wildman–Crippen MR) is 115 cm³/mol. The van der Waals surface area contributed by atoms with Crippen molar-refractivity contribution in [1.29, 1.82) is 0 Å². The van der Waals surface area contributed by atoms with Crippen molar-refractivity contribution in [3.63, 3.8) is 0 Å². The molecule has 2 N–H and O–H groups in total. The van der Waals surface area contributed by atoms with Gasteiger partial charge in [-0.05, 0) is 35.9 Å². The summed E-state index contributed by atoms with van der Waals surface area (Å²) in [4.78, 5) is 25.1. The highest BCUT2D eigenvalue weighted by molar-refractivity contribution is 6.44. The van der Waals surface area contributed by atoms with Crippen LogP contribution in [-0.4, -0.2) is 18.4 Å². The molecule has 0 aliphatic heterocycles. The van der Waals surface area contributed by atoms with E-state index in [4.69, 9.17) is 23.2 Å². The largest absolute Gasteiger partial charge is 0.435 e. The average Bonchev–Trinajstić information content (AvgIpc) is 2.76. The second kappa shape index (κ2) is 10.4. The van der Waals surface area contributed by atoms with Gasteiger partial charge >= 0.3 is 6.61 Å². The van der Waals surface area contributed by atoms with Crippen LogP contribution in [0.3, 0.4) is 0 Å². The lowest BCUT2D eigenvalue weighted by molar-refractivity contribution is -0.0498. The highest BCUT2D eigenvalue weighted by Gasteiger charge is 2.25. The Hall–Kier alpha value is -3.23. The summed E-state index contributed by atoms with van der Waals surface area (Å²) in [5, 5.41) is 4.36. The molecule has 3 aromatic carbocycles. The molecule has 0 spiro atoms. The van der Waals surface area contributed by atoms with E-state index in [9.17, 15) is 18.4 Å². The first-order valence-corrected chi connectivity index (χ1v) is 9.87. The molecule has 0 heterocycles. The van der Waals surface area contributed by atoms with Gasteiger partial charge in [-0.15, -0.1) is 0 Å². The van der Waals surface area contributed by atoms with E-state index in [0.29, 0.717) is 0 Å². The van der Waals surface area contributed by atoms with Crippen LogP contribution in [0.25, 0.3) is 0 Å². The SMILES string of the molecule is O=C(NCc1ccccc1)c1cc(Cl)c(Cl)c(C(=O)Nc2ccc(OC(F)F)cc2)c1F. The molecule has 0 saturated heterocycles. The molecule has 0 unspecified atom stereocenters. The molecular formula is C22H15Cl2F3N2O3. The standard InChI is InChI=1S/C22H15Cl2F3N2O3/c23-16-10-15(20(30)28-11-12-4-2-1-3-5-12)19(25)17(18(16)24)21(31)29-13-6-8-14(9-7-13)32-22(26)27/h1-10,22H,11H2,(H,28,30)(H,29,31). The summed E-state index contributed by atoms with van der Waals surface area (Å²) >= 11 is 12.0. The van der Waals surface area contributed by atoms with Crippen LogP contribution < -0.4 is 15.4 Å². The third kappa shape index (κ3) is 5.72. The molecule has 0 atom stereocenters. The number of nitrogens with one attached hydrogen (secondary N) is 2. The fourth-order valence-electron chi connectivity index (χ4n) is 2.76. The molecular weight excluding hydrogens is 468 g/mol. The Bertz CT molecular complexity index is 1130. The quantitative estimate of drug-likeness (QED) is 0.411. The summed E-state index contributed by atoms with van der Waals surface area (Å²) in [5.41, 5.74) is -0.140. The summed E-state index contributed by atoms with van der Waals surface area (Å²) in [7, 11) is 0. The molecule has 0 bridgehead atoms. The number of carbonyl (C=O) groups excluding carboxylic acids is 2. The van der Waals surface area contributed by atoms with Crippen LogP contribution in [0.15, 0.2) is 60.7 Å². The summed E-state index contributed by atoms with van der Waals surface area (Å²) in [6.45, 7) is -2.87. The number of ether oxygens (including phenoxy) is 1. The minimum atomic E-state index is -3.00. The molecule has 0 radical (unpaired) electrons. The summed E-state index contributed by atoms with van der Waals surface area (Å²) in [5.74, 6) is -3.04. The molecule has 0 saturated carbocycles. The lowest BCUT2D eigenvalue weighted by Gasteiger charge is -2.13. The third-order valence-corrected chi connectivity index (χ3v) is 5.05. The Morgan fingerprint density at radius 1 is 0.969 bits per heavy atom. The number of anilines is 1. The minimum Gasteiger partial charge on any atom is -0.435 e. The highest BCUT2D eigenvalue weighted by atomic mass is 35.5. The van der Waals surface area contributed by atoms with Gasteiger partial charge in [0.25, 0.3) is 11.8 Å². The summed E-state index contributed by atoms with van der Waals surface area (Å²) in [6, 6.07) is 14.9. The van der Waals surface area contributed by atoms with Crippen molar-refractivity contribution in [2.24, 2.45) is 0 Å². The molecule has 0 fully saturated rings. The smallest absolute Gasteiger partial charge is 0.387 e. The van der Waals surface area contributed by atoms with Gasteiger partial charge in [0.05, 0.1) is 21.2 Å². The molecule has 0 aliphatic carbocycles. The summed E-state index contributed by atoms with van der Waals surface area (Å²) in [6.07, 6.45) is 0. The van der Waals surface area contributed by atoms with Gasteiger partial charge in [-0.2, -0.15) is 8.78 Å². The first kappa shape index (κ1) is 23.4. The molecule has 32 heavy (non-hydrogen) atoms. The Balaban J connectivity index is 1.80. The van der Waals surface area contributed by atoms with E-state index in [1.54, 1.807) is 24.3 Å². The van der Waals surface area contributed by atoms with Crippen molar-refractivity contribution in [3.8, 4) is 5.75 Å². The van der Waals surface area contributed by atoms with E-state index >= 15 is 4.39 Å². The second-order valence-electron chi connectivity index (χ2n) is 6.43. The zero-order chi connectivity index (χ0) is 23.3. The van der Waals surface area contributed by atoms with E-state index in [1.807, 2.05) is 6.07 Å². The molecule has 0 aromatic heterocycles. The maximum atomic E-state index is 15.1. The Morgan fingerprint density at radius 3 is 2.25 bits per heavy atom. The number of halogens is 5. The molecule has 0 aliphatic rings. The van der Waals surface area contributed by atoms with Crippen molar-refractivity contribution in [1.82, 2.24) is 5.32 Å². The van der Waals surface area contributed by atoms with Crippen molar-refractivity contribution in [2.45, 2.75) is 13.2 Å². The van der Waals surface area contributed by atoms with Crippen LogP contribution in [-0.2, 0) is 6.54 Å². The van der Waals surface area contributed by atoms with Crippen LogP contribution in [0.5, 0.6) is 5.75 Å². The van der Waals surface area contributed by atoms with E-state index < -0.39 is 35.4 Å². The van der Waals surface area contributed by atoms with Crippen LogP contribution >= 0.6 is 23.2 Å². The maximum Gasteiger partial charge on any atom is 0.387 e. The molecule has 10 heteroatoms. The number of alkyl halides is 2. The van der Waals surface area contributed by atoms with E-state index in [0.717, 1.165) is 11.6 Å². The van der Waals surface area contributed by atoms with Crippen LogP contribution in [0, 0.1) is 5.82 Å². The molecule has 3 rings (SSSR count). The highest BCUT2D eigenvalue weighted by Crippen LogP contribution is 2.31. The summed E-state index contributed by atoms with van der Waals surface area (Å²) < 4.78 is 43.8. The fourth-order valence-corrected chi connectivity index (χ4v) is 3.18. The van der Waals surface area contributed by atoms with Crippen LogP contribution in [0.4, 0.5) is 18.9 Å². The number of carbonyl (C=O) groups is 2. The van der Waals surface area contributed by atoms with E-state index in [-0.39, 0.29) is 28.0 Å². The lowest BCUT2D eigenvalue weighted by atomic mass is 10.1. The molecule has 166 valence electrons. The van der Waals surface area contributed by atoms with Gasteiger partial charge in [-0.3, -0.25) is 9.59 Å². The van der Waals surface area contributed by atoms with Gasteiger partial charge in [-0.1, -0.05) is 53.5 Å². The number of amides is 2. The Kier molecular flexibility index (Phi) is 7.61. The van der Waals surface area contributed by atoms with E-state index in [1.165, 1.54) is 24.3 Å². The van der Waals surface area contributed by atoms with Crippen molar-refractivity contribution >= 4 is 40.7 Å². The maximum absolute atomic E-state index is 15.1. The fraction of sp³-hybridized carbons (Fsp3) is 0.0909. The Labute approximate surface area is 191 Å². The number of rotatable bonds is 7. The Morgan fingerprint density at radius 2 is 1.62 bits per heavy atom. The van der Waals surface area contributed by atoms with Gasteiger partial charge in [0, 0.05) is 12.2 Å². The van der Waals surface area contributed by atoms with E-state index in [2.05, 4.69) is 15.4 Å². The lowest BCUT2D eigenvalue weighted by Crippen LogP contribution is -2.25. The number of hydrogen-bond acceptors (Lipinski definition) is 3. The minimum absolute atomic E-state index is 0.123. The third-order valence-electron chi connectivity index (χ3n) is 4.26. The molecule has 2 amide bonds. The second-order valence-corrected chi connectivity index (χ2v) is 7.22. The average molecular weight is 483 g/mol. The van der Waals surface area contributed by atoms with Crippen LogP contribution in [0.2, 0.25) is 10.0 Å². The van der Waals surface area contributed by atoms with Gasteiger partial charge in [0.15, 0.2) is 0 Å². The van der Waals surface area contributed by atoms with Crippen molar-refractivity contribution < 1.29 is 27.5 Å². The number of hydrogen-bond donors (Lipinski definition) is 2. The van der Waals surface area contributed by atoms with Crippen LogP contribution in [0.1, 0.15) is 26.3 Å². The van der Waals surface area contributed by atoms with Crippen molar-refractivity contribution in [3.05, 3.63) is 93.2 Å². The first-order valence-electron chi connectivity index (χ1n) is 9.12. The van der Waals surface area contributed by atoms with Gasteiger partial charge in [-0.25, -0.2) is 4.39 Å². The number of benzene rings is 3. The molecule has 3 aromatic rings. The van der Waals surface area contributed by atoms with Crippen molar-refractivity contribution in [2.75, 3.05) is 5.32 Å². The first-order chi connectivity index (χ1) is 15.3. The zero-order valence-electron chi connectivity index (χ0n) is 16.2. The van der Waals surface area contributed by atoms with Gasteiger partial charge in [0.1, 0.15) is 11.6 Å². The predicted octanol–water partition coefficient (Wildman–Crippen LogP) is 5.92. The normalized spacial score (nSPS) is 10.7. The molecule has 5 nitrogen and oxygen atoms in total. The van der Waals surface area contributed by atoms with Gasteiger partial charge < -0.3 is 15.4 Å². The zero-order valence-corrected chi connectivity index (χ0v) is 17.7. The topological polar surface area (TPSA) is 67.4 Å².